The molecule has 0 aromatic carbocycles. The first-order valence-electron chi connectivity index (χ1n) is 2.74. The minimum absolute atomic E-state index is 1.20. The smallest absolute Gasteiger partial charge is 0.0711 e. The summed E-state index contributed by atoms with van der Waals surface area (Å²) in [5.41, 5.74) is 2.48. The molecular formula is C7H10N. The molecule has 0 atom stereocenters. The number of rotatable bonds is 0. The fourth-order valence-corrected chi connectivity index (χ4v) is 0.580. The van der Waals surface area contributed by atoms with E-state index in [4.69, 9.17) is 0 Å². The largest absolute Gasteiger partial charge is 0.380 e. The van der Waals surface area contributed by atoms with Crippen LogP contribution in [0.4, 0.5) is 0 Å². The van der Waals surface area contributed by atoms with Crippen molar-refractivity contribution in [3.63, 3.8) is 0 Å². The minimum atomic E-state index is 1.20. The van der Waals surface area contributed by atoms with Crippen LogP contribution in [0.15, 0.2) is 23.4 Å². The number of nitrogens with one attached hydrogen (secondary N) is 1. The first-order valence-corrected chi connectivity index (χ1v) is 2.74. The maximum atomic E-state index is 3.10. The Bertz CT molecular complexity index is 124. The van der Waals surface area contributed by atoms with E-state index < -0.39 is 0 Å². The van der Waals surface area contributed by atoms with Gasteiger partial charge in [0.2, 0.25) is 0 Å². The predicted molar refractivity (Wildman–Crippen MR) is 34.9 cm³/mol. The van der Waals surface area contributed by atoms with Crippen LogP contribution in [0.25, 0.3) is 0 Å². The van der Waals surface area contributed by atoms with Crippen molar-refractivity contribution in [1.29, 1.82) is 0 Å². The molecule has 0 spiro atoms. The Balaban J connectivity index is 2.65. The quantitative estimate of drug-likeness (QED) is 0.497. The molecule has 1 radical (unpaired) electrons. The second-order valence-electron chi connectivity index (χ2n) is 2.05. The van der Waals surface area contributed by atoms with Crippen LogP contribution in [0.5, 0.6) is 0 Å². The second-order valence-corrected chi connectivity index (χ2v) is 2.05. The van der Waals surface area contributed by atoms with E-state index in [0.717, 1.165) is 0 Å². The van der Waals surface area contributed by atoms with Gasteiger partial charge in [-0.15, -0.1) is 0 Å². The third-order valence-corrected chi connectivity index (χ3v) is 1.12. The van der Waals surface area contributed by atoms with Crippen molar-refractivity contribution in [1.82, 2.24) is 5.32 Å². The molecule has 0 unspecified atom stereocenters. The molecule has 8 heavy (non-hydrogen) atoms. The topological polar surface area (TPSA) is 12.0 Å². The van der Waals surface area contributed by atoms with Crippen molar-refractivity contribution < 1.29 is 0 Å². The predicted octanol–water partition coefficient (Wildman–Crippen LogP) is 1.60. The van der Waals surface area contributed by atoms with Gasteiger partial charge in [-0.2, -0.15) is 0 Å². The zero-order valence-electron chi connectivity index (χ0n) is 5.23. The standard InChI is InChI=1S/C7H10N/c1-6-3-4-7(2)8-5-6/h3-5,8H,1-2H3. The maximum Gasteiger partial charge on any atom is 0.0711 e. The van der Waals surface area contributed by atoms with Gasteiger partial charge in [0.05, 0.1) is 6.54 Å². The van der Waals surface area contributed by atoms with Crippen LogP contribution in [-0.2, 0) is 0 Å². The lowest BCUT2D eigenvalue weighted by Gasteiger charge is -2.09. The number of hydrogen-bond acceptors (Lipinski definition) is 1. The Kier molecular flexibility index (Phi) is 1.38. The Morgan fingerprint density at radius 3 is 2.38 bits per heavy atom. The van der Waals surface area contributed by atoms with E-state index in [-0.39, 0.29) is 0 Å². The lowest BCUT2D eigenvalue weighted by atomic mass is 10.2. The zero-order valence-corrected chi connectivity index (χ0v) is 5.23. The van der Waals surface area contributed by atoms with Gasteiger partial charge in [0.25, 0.3) is 0 Å². The monoisotopic (exact) mass is 108 g/mol. The maximum absolute atomic E-state index is 3.10. The highest BCUT2D eigenvalue weighted by Crippen LogP contribution is 2.04. The first kappa shape index (κ1) is 5.42. The highest BCUT2D eigenvalue weighted by Gasteiger charge is 1.94. The van der Waals surface area contributed by atoms with E-state index in [1.54, 1.807) is 0 Å². The number of allylic oxidation sites excluding steroid dienone is 3. The van der Waals surface area contributed by atoms with Gasteiger partial charge >= 0.3 is 0 Å². The molecule has 1 aliphatic rings. The van der Waals surface area contributed by atoms with Crippen molar-refractivity contribution in [2.75, 3.05) is 0 Å². The Hall–Kier alpha value is -0.720. The summed E-state index contributed by atoms with van der Waals surface area (Å²) in [6.07, 6.45) is 4.15. The molecule has 0 aromatic heterocycles. The van der Waals surface area contributed by atoms with Gasteiger partial charge in [0.1, 0.15) is 0 Å². The molecule has 1 rings (SSSR count). The van der Waals surface area contributed by atoms with E-state index >= 15 is 0 Å². The highest BCUT2D eigenvalue weighted by atomic mass is 14.9. The number of dihydropyridines is 1. The van der Waals surface area contributed by atoms with Crippen LogP contribution in [-0.4, -0.2) is 0 Å². The van der Waals surface area contributed by atoms with E-state index in [1.807, 2.05) is 13.5 Å². The summed E-state index contributed by atoms with van der Waals surface area (Å²) in [5.74, 6) is 0. The van der Waals surface area contributed by atoms with Crippen LogP contribution in [0.2, 0.25) is 0 Å². The van der Waals surface area contributed by atoms with Gasteiger partial charge in [0.15, 0.2) is 0 Å². The normalized spacial score (nSPS) is 18.8. The van der Waals surface area contributed by atoms with Gasteiger partial charge in [-0.05, 0) is 25.5 Å². The Labute approximate surface area is 50.1 Å². The average Bonchev–Trinajstić information content (AvgIpc) is 1.77. The van der Waals surface area contributed by atoms with E-state index in [0.29, 0.717) is 0 Å². The van der Waals surface area contributed by atoms with Crippen molar-refractivity contribution in [3.05, 3.63) is 30.0 Å². The van der Waals surface area contributed by atoms with E-state index in [1.165, 1.54) is 11.3 Å². The lowest BCUT2D eigenvalue weighted by Crippen LogP contribution is -2.10. The molecule has 1 N–H and O–H groups in total. The molecule has 1 aliphatic heterocycles. The Morgan fingerprint density at radius 1 is 1.25 bits per heavy atom. The highest BCUT2D eigenvalue weighted by molar-refractivity contribution is 5.25. The van der Waals surface area contributed by atoms with Crippen LogP contribution in [0, 0.1) is 6.54 Å². The fraction of sp³-hybridized carbons (Fsp3) is 0.286. The average molecular weight is 108 g/mol. The molecule has 0 bridgehead atoms. The summed E-state index contributed by atoms with van der Waals surface area (Å²) in [7, 11) is 0. The van der Waals surface area contributed by atoms with Crippen molar-refractivity contribution >= 4 is 0 Å². The van der Waals surface area contributed by atoms with E-state index in [2.05, 4.69) is 24.4 Å². The summed E-state index contributed by atoms with van der Waals surface area (Å²) in [6.45, 7) is 6.10. The summed E-state index contributed by atoms with van der Waals surface area (Å²) in [4.78, 5) is 0. The van der Waals surface area contributed by atoms with Crippen LogP contribution < -0.4 is 5.32 Å². The molecular weight excluding hydrogens is 98.1 g/mol. The molecule has 1 nitrogen and oxygen atoms in total. The van der Waals surface area contributed by atoms with Crippen LogP contribution in [0.1, 0.15) is 13.8 Å². The molecule has 0 saturated carbocycles. The molecule has 1 heterocycles. The van der Waals surface area contributed by atoms with E-state index in [9.17, 15) is 0 Å². The van der Waals surface area contributed by atoms with Crippen LogP contribution >= 0.6 is 0 Å². The third-order valence-electron chi connectivity index (χ3n) is 1.12. The molecule has 0 aromatic rings. The summed E-state index contributed by atoms with van der Waals surface area (Å²) >= 11 is 0. The van der Waals surface area contributed by atoms with Gasteiger partial charge in [-0.25, -0.2) is 0 Å². The van der Waals surface area contributed by atoms with Gasteiger partial charge in [-0.3, -0.25) is 0 Å². The zero-order chi connectivity index (χ0) is 5.98. The van der Waals surface area contributed by atoms with Gasteiger partial charge in [0, 0.05) is 5.70 Å². The summed E-state index contributed by atoms with van der Waals surface area (Å²) in [5, 5.41) is 3.10. The molecule has 0 saturated heterocycles. The molecule has 1 heteroatoms. The minimum Gasteiger partial charge on any atom is -0.380 e. The molecule has 0 fully saturated rings. The SMILES string of the molecule is CC1=CC=C(C)N[CH]1. The summed E-state index contributed by atoms with van der Waals surface area (Å²) < 4.78 is 0. The molecule has 43 valence electrons. The molecule has 0 amide bonds. The van der Waals surface area contributed by atoms with Crippen molar-refractivity contribution in [2.24, 2.45) is 0 Å². The number of hydrogen-bond donors (Lipinski definition) is 1. The van der Waals surface area contributed by atoms with Crippen molar-refractivity contribution in [3.8, 4) is 0 Å². The lowest BCUT2D eigenvalue weighted by molar-refractivity contribution is 0.952. The van der Waals surface area contributed by atoms with Crippen LogP contribution in [0.3, 0.4) is 0 Å². The van der Waals surface area contributed by atoms with Gasteiger partial charge < -0.3 is 5.32 Å². The fourth-order valence-electron chi connectivity index (χ4n) is 0.580. The van der Waals surface area contributed by atoms with Crippen molar-refractivity contribution in [2.45, 2.75) is 13.8 Å². The second kappa shape index (κ2) is 2.03. The Morgan fingerprint density at radius 2 is 2.00 bits per heavy atom. The van der Waals surface area contributed by atoms with Gasteiger partial charge in [-0.1, -0.05) is 6.08 Å². The molecule has 0 aliphatic carbocycles. The third kappa shape index (κ3) is 1.12. The first-order chi connectivity index (χ1) is 3.79. The summed E-state index contributed by atoms with van der Waals surface area (Å²) in [6, 6.07) is 0.